The van der Waals surface area contributed by atoms with Gasteiger partial charge in [0.1, 0.15) is 0 Å². The van der Waals surface area contributed by atoms with E-state index in [9.17, 15) is 9.59 Å². The van der Waals surface area contributed by atoms with E-state index in [0.29, 0.717) is 5.56 Å². The fraction of sp³-hybridized carbons (Fsp3) is 0.167. The lowest BCUT2D eigenvalue weighted by Crippen LogP contribution is -1.95. The molecule has 14 heavy (non-hydrogen) atoms. The maximum atomic E-state index is 11.4. The fourth-order valence-electron chi connectivity index (χ4n) is 1.01. The van der Waals surface area contributed by atoms with Crippen LogP contribution >= 0.6 is 0 Å². The van der Waals surface area contributed by atoms with E-state index in [1.807, 2.05) is 19.1 Å². The van der Waals surface area contributed by atoms with E-state index in [1.54, 1.807) is 12.1 Å². The largest absolute Gasteiger partial charge is 0.295 e. The summed E-state index contributed by atoms with van der Waals surface area (Å²) < 4.78 is 0. The van der Waals surface area contributed by atoms with Gasteiger partial charge in [-0.05, 0) is 26.0 Å². The second-order valence-corrected chi connectivity index (χ2v) is 3.17. The summed E-state index contributed by atoms with van der Waals surface area (Å²) in [5.74, 6) is -0.259. The van der Waals surface area contributed by atoms with Crippen LogP contribution < -0.4 is 0 Å². The van der Waals surface area contributed by atoms with Crippen molar-refractivity contribution in [2.24, 2.45) is 0 Å². The molecule has 0 aliphatic rings. The molecule has 0 spiro atoms. The van der Waals surface area contributed by atoms with Crippen LogP contribution in [0.5, 0.6) is 0 Å². The summed E-state index contributed by atoms with van der Waals surface area (Å²) in [6.45, 7) is 3.37. The first-order valence-electron chi connectivity index (χ1n) is 4.39. The molecular weight excluding hydrogens is 176 g/mol. The van der Waals surface area contributed by atoms with E-state index in [0.717, 1.165) is 5.56 Å². The predicted molar refractivity (Wildman–Crippen MR) is 55.3 cm³/mol. The summed E-state index contributed by atoms with van der Waals surface area (Å²) >= 11 is 0. The van der Waals surface area contributed by atoms with Gasteiger partial charge in [0.2, 0.25) is 0 Å². The quantitative estimate of drug-likeness (QED) is 0.539. The number of hydrogen-bond acceptors (Lipinski definition) is 2. The number of allylic oxidation sites excluding steroid dienone is 2. The van der Waals surface area contributed by atoms with Crippen LogP contribution in [0.4, 0.5) is 0 Å². The highest BCUT2D eigenvalue weighted by Crippen LogP contribution is 2.04. The minimum atomic E-state index is -0.139. The van der Waals surface area contributed by atoms with Gasteiger partial charge in [0, 0.05) is 5.56 Å². The number of ketones is 2. The smallest absolute Gasteiger partial charge is 0.185 e. The molecule has 0 aliphatic carbocycles. The van der Waals surface area contributed by atoms with Crippen LogP contribution in [0.1, 0.15) is 22.8 Å². The minimum Gasteiger partial charge on any atom is -0.295 e. The molecule has 0 fully saturated rings. The Hall–Kier alpha value is -1.70. The van der Waals surface area contributed by atoms with Crippen molar-refractivity contribution in [3.8, 4) is 0 Å². The topological polar surface area (TPSA) is 34.1 Å². The highest BCUT2D eigenvalue weighted by Gasteiger charge is 2.00. The van der Waals surface area contributed by atoms with Gasteiger partial charge in [0.05, 0.1) is 0 Å². The number of carbonyl (C=O) groups is 2. The van der Waals surface area contributed by atoms with Gasteiger partial charge in [-0.1, -0.05) is 29.8 Å². The second-order valence-electron chi connectivity index (χ2n) is 3.17. The molecule has 0 radical (unpaired) electrons. The summed E-state index contributed by atoms with van der Waals surface area (Å²) in [6, 6.07) is 7.24. The molecule has 1 aromatic carbocycles. The summed E-state index contributed by atoms with van der Waals surface area (Å²) in [7, 11) is 0. The molecule has 0 heterocycles. The van der Waals surface area contributed by atoms with Gasteiger partial charge in [-0.25, -0.2) is 0 Å². The Morgan fingerprint density at radius 2 is 1.64 bits per heavy atom. The zero-order valence-corrected chi connectivity index (χ0v) is 8.28. The monoisotopic (exact) mass is 188 g/mol. The third-order valence-electron chi connectivity index (χ3n) is 1.81. The first-order chi connectivity index (χ1) is 6.59. The Balaban J connectivity index is 2.80. The van der Waals surface area contributed by atoms with Crippen molar-refractivity contribution < 1.29 is 9.59 Å². The molecule has 0 saturated heterocycles. The van der Waals surface area contributed by atoms with Crippen LogP contribution in [0.25, 0.3) is 0 Å². The van der Waals surface area contributed by atoms with Crippen molar-refractivity contribution in [3.63, 3.8) is 0 Å². The Morgan fingerprint density at radius 1 is 1.07 bits per heavy atom. The average molecular weight is 188 g/mol. The molecule has 0 aromatic heterocycles. The first-order valence-corrected chi connectivity index (χ1v) is 4.39. The Morgan fingerprint density at radius 3 is 2.14 bits per heavy atom. The van der Waals surface area contributed by atoms with E-state index >= 15 is 0 Å². The standard InChI is InChI=1S/C12H12O2/c1-9-3-6-11(7-4-9)12(14)8-5-10(2)13/h3-8H,1-2H3/b8-5+. The van der Waals surface area contributed by atoms with E-state index < -0.39 is 0 Å². The van der Waals surface area contributed by atoms with E-state index in [1.165, 1.54) is 19.1 Å². The van der Waals surface area contributed by atoms with Crippen molar-refractivity contribution in [2.75, 3.05) is 0 Å². The lowest BCUT2D eigenvalue weighted by atomic mass is 10.1. The third kappa shape index (κ3) is 2.98. The van der Waals surface area contributed by atoms with Crippen LogP contribution in [-0.4, -0.2) is 11.6 Å². The average Bonchev–Trinajstić information content (AvgIpc) is 2.15. The molecule has 0 unspecified atom stereocenters. The lowest BCUT2D eigenvalue weighted by Gasteiger charge is -1.95. The number of hydrogen-bond donors (Lipinski definition) is 0. The summed E-state index contributed by atoms with van der Waals surface area (Å²) in [5, 5.41) is 0. The zero-order valence-electron chi connectivity index (χ0n) is 8.28. The lowest BCUT2D eigenvalue weighted by molar-refractivity contribution is -0.112. The molecule has 2 heteroatoms. The molecule has 0 bridgehead atoms. The number of rotatable bonds is 3. The molecule has 0 atom stereocenters. The molecule has 0 amide bonds. The SMILES string of the molecule is CC(=O)/C=C/C(=O)c1ccc(C)cc1. The summed E-state index contributed by atoms with van der Waals surface area (Å²) in [6.07, 6.45) is 2.58. The first kappa shape index (κ1) is 10.4. The molecular formula is C12H12O2. The maximum Gasteiger partial charge on any atom is 0.185 e. The van der Waals surface area contributed by atoms with E-state index in [-0.39, 0.29) is 11.6 Å². The Labute approximate surface area is 83.3 Å². The number of benzene rings is 1. The van der Waals surface area contributed by atoms with Gasteiger partial charge in [0.25, 0.3) is 0 Å². The summed E-state index contributed by atoms with van der Waals surface area (Å²) in [5.41, 5.74) is 1.71. The molecule has 0 N–H and O–H groups in total. The molecule has 1 aromatic rings. The van der Waals surface area contributed by atoms with Gasteiger partial charge < -0.3 is 0 Å². The van der Waals surface area contributed by atoms with E-state index in [4.69, 9.17) is 0 Å². The van der Waals surface area contributed by atoms with Crippen molar-refractivity contribution in [3.05, 3.63) is 47.5 Å². The van der Waals surface area contributed by atoms with Gasteiger partial charge >= 0.3 is 0 Å². The summed E-state index contributed by atoms with van der Waals surface area (Å²) in [4.78, 5) is 22.0. The molecule has 0 saturated carbocycles. The van der Waals surface area contributed by atoms with Crippen molar-refractivity contribution in [1.29, 1.82) is 0 Å². The minimum absolute atomic E-state index is 0.120. The molecule has 0 aliphatic heterocycles. The van der Waals surface area contributed by atoms with Crippen molar-refractivity contribution in [2.45, 2.75) is 13.8 Å². The maximum absolute atomic E-state index is 11.4. The van der Waals surface area contributed by atoms with Gasteiger partial charge in [-0.2, -0.15) is 0 Å². The zero-order chi connectivity index (χ0) is 10.6. The second kappa shape index (κ2) is 4.51. The highest BCUT2D eigenvalue weighted by atomic mass is 16.1. The van der Waals surface area contributed by atoms with Gasteiger partial charge in [-0.15, -0.1) is 0 Å². The fourth-order valence-corrected chi connectivity index (χ4v) is 1.01. The highest BCUT2D eigenvalue weighted by molar-refractivity contribution is 6.07. The predicted octanol–water partition coefficient (Wildman–Crippen LogP) is 2.32. The third-order valence-corrected chi connectivity index (χ3v) is 1.81. The van der Waals surface area contributed by atoms with Crippen LogP contribution in [0.3, 0.4) is 0 Å². The molecule has 2 nitrogen and oxygen atoms in total. The number of carbonyl (C=O) groups excluding carboxylic acids is 2. The van der Waals surface area contributed by atoms with E-state index in [2.05, 4.69) is 0 Å². The van der Waals surface area contributed by atoms with Crippen LogP contribution in [0, 0.1) is 6.92 Å². The molecule has 72 valence electrons. The van der Waals surface area contributed by atoms with Crippen molar-refractivity contribution in [1.82, 2.24) is 0 Å². The van der Waals surface area contributed by atoms with Crippen LogP contribution in [-0.2, 0) is 4.79 Å². The van der Waals surface area contributed by atoms with Gasteiger partial charge in [0.15, 0.2) is 11.6 Å². The Kier molecular flexibility index (Phi) is 3.35. The Bertz CT molecular complexity index is 372. The van der Waals surface area contributed by atoms with Crippen LogP contribution in [0.2, 0.25) is 0 Å². The molecule has 1 rings (SSSR count). The van der Waals surface area contributed by atoms with Crippen LogP contribution in [0.15, 0.2) is 36.4 Å². The number of aryl methyl sites for hydroxylation is 1. The normalized spacial score (nSPS) is 10.4. The van der Waals surface area contributed by atoms with Crippen molar-refractivity contribution >= 4 is 11.6 Å². The van der Waals surface area contributed by atoms with Gasteiger partial charge in [-0.3, -0.25) is 9.59 Å².